The van der Waals surface area contributed by atoms with E-state index in [2.05, 4.69) is 9.98 Å². The smallest absolute Gasteiger partial charge is 0.363 e. The third-order valence-electron chi connectivity index (χ3n) is 2.89. The summed E-state index contributed by atoms with van der Waals surface area (Å²) in [6, 6.07) is 2.96. The highest BCUT2D eigenvalue weighted by atomic mass is 16.6. The van der Waals surface area contributed by atoms with Gasteiger partial charge in [-0.2, -0.15) is 0 Å². The number of aliphatic imine (C=N–C) groups is 1. The molecule has 0 radical (unpaired) electrons. The Morgan fingerprint density at radius 3 is 2.64 bits per heavy atom. The molecule has 7 heteroatoms. The van der Waals surface area contributed by atoms with Gasteiger partial charge in [0, 0.05) is 18.2 Å². The Hall–Kier alpha value is -2.57. The van der Waals surface area contributed by atoms with Crippen LogP contribution >= 0.6 is 0 Å². The first-order valence-electron chi connectivity index (χ1n) is 6.85. The molecule has 0 bridgehead atoms. The first-order valence-corrected chi connectivity index (χ1v) is 6.85. The monoisotopic (exact) mass is 303 g/mol. The number of ether oxygens (including phenoxy) is 1. The molecule has 0 fully saturated rings. The van der Waals surface area contributed by atoms with Crippen LogP contribution in [0.2, 0.25) is 0 Å². The zero-order valence-corrected chi connectivity index (χ0v) is 12.7. The molecular formula is C15H17N3O4. The quantitative estimate of drug-likeness (QED) is 0.486. The fourth-order valence-electron chi connectivity index (χ4n) is 1.95. The van der Waals surface area contributed by atoms with Crippen molar-refractivity contribution < 1.29 is 14.5 Å². The molecule has 7 nitrogen and oxygen atoms in total. The fraction of sp³-hybridized carbons (Fsp3) is 0.400. The third-order valence-corrected chi connectivity index (χ3v) is 2.89. The predicted molar refractivity (Wildman–Crippen MR) is 81.6 cm³/mol. The lowest BCUT2D eigenvalue weighted by atomic mass is 10.0. The molecule has 0 aliphatic carbocycles. The molecule has 1 aliphatic heterocycles. The molecule has 0 amide bonds. The average molecular weight is 303 g/mol. The van der Waals surface area contributed by atoms with Gasteiger partial charge >= 0.3 is 11.8 Å². The highest BCUT2D eigenvalue weighted by Gasteiger charge is 2.22. The lowest BCUT2D eigenvalue weighted by Crippen LogP contribution is -2.29. The zero-order chi connectivity index (χ0) is 16.3. The second-order valence-corrected chi connectivity index (χ2v) is 5.85. The number of rotatable bonds is 3. The lowest BCUT2D eigenvalue weighted by molar-refractivity contribution is -0.389. The van der Waals surface area contributed by atoms with Crippen LogP contribution in [0.25, 0.3) is 5.57 Å². The maximum Gasteiger partial charge on any atom is 0.363 e. The van der Waals surface area contributed by atoms with Crippen molar-refractivity contribution in [2.45, 2.75) is 32.8 Å². The summed E-state index contributed by atoms with van der Waals surface area (Å²) in [5.74, 6) is -0.680. The van der Waals surface area contributed by atoms with Gasteiger partial charge in [0.1, 0.15) is 17.5 Å². The molecule has 0 unspecified atom stereocenters. The molecule has 1 aliphatic rings. The van der Waals surface area contributed by atoms with Crippen molar-refractivity contribution in [1.29, 1.82) is 0 Å². The van der Waals surface area contributed by atoms with Crippen molar-refractivity contribution >= 4 is 23.1 Å². The Morgan fingerprint density at radius 1 is 1.36 bits per heavy atom. The first-order chi connectivity index (χ1) is 10.3. The van der Waals surface area contributed by atoms with Gasteiger partial charge in [0.15, 0.2) is 0 Å². The molecule has 2 heterocycles. The Kier molecular flexibility index (Phi) is 4.35. The normalized spacial score (nSPS) is 14.9. The summed E-state index contributed by atoms with van der Waals surface area (Å²) in [5, 5.41) is 10.6. The Morgan fingerprint density at radius 2 is 2.09 bits per heavy atom. The maximum atomic E-state index is 12.0. The summed E-state index contributed by atoms with van der Waals surface area (Å²) in [7, 11) is 0. The summed E-state index contributed by atoms with van der Waals surface area (Å²) < 4.78 is 5.29. The van der Waals surface area contributed by atoms with E-state index >= 15 is 0 Å². The van der Waals surface area contributed by atoms with E-state index < -0.39 is 16.5 Å². The lowest BCUT2D eigenvalue weighted by Gasteiger charge is -2.20. The van der Waals surface area contributed by atoms with Crippen LogP contribution in [0, 0.1) is 10.1 Å². The molecule has 22 heavy (non-hydrogen) atoms. The maximum absolute atomic E-state index is 12.0. The number of esters is 1. The highest BCUT2D eigenvalue weighted by molar-refractivity contribution is 6.42. The largest absolute Gasteiger partial charge is 0.455 e. The van der Waals surface area contributed by atoms with Crippen LogP contribution in [0.1, 0.15) is 32.8 Å². The molecule has 0 spiro atoms. The van der Waals surface area contributed by atoms with Gasteiger partial charge in [-0.1, -0.05) is 0 Å². The van der Waals surface area contributed by atoms with Crippen molar-refractivity contribution in [2.24, 2.45) is 4.99 Å². The van der Waals surface area contributed by atoms with E-state index in [1.165, 1.54) is 12.3 Å². The summed E-state index contributed by atoms with van der Waals surface area (Å²) in [4.78, 5) is 30.1. The molecule has 2 rings (SSSR count). The van der Waals surface area contributed by atoms with Crippen LogP contribution in [-0.4, -0.2) is 33.7 Å². The van der Waals surface area contributed by atoms with Crippen LogP contribution in [0.15, 0.2) is 29.4 Å². The van der Waals surface area contributed by atoms with Gasteiger partial charge in [-0.15, -0.1) is 0 Å². The average Bonchev–Trinajstić information content (AvgIpc) is 2.46. The second-order valence-electron chi connectivity index (χ2n) is 5.85. The van der Waals surface area contributed by atoms with Crippen molar-refractivity contribution in [1.82, 2.24) is 4.98 Å². The Labute approximate surface area is 127 Å². The molecule has 0 atom stereocenters. The minimum Gasteiger partial charge on any atom is -0.455 e. The minimum atomic E-state index is -0.583. The van der Waals surface area contributed by atoms with E-state index in [1.807, 2.05) is 0 Å². The van der Waals surface area contributed by atoms with Crippen LogP contribution < -0.4 is 0 Å². The van der Waals surface area contributed by atoms with Gasteiger partial charge in [0.25, 0.3) is 0 Å². The predicted octanol–water partition coefficient (Wildman–Crippen LogP) is 2.56. The van der Waals surface area contributed by atoms with Crippen molar-refractivity contribution in [3.8, 4) is 0 Å². The molecule has 0 saturated carbocycles. The van der Waals surface area contributed by atoms with Gasteiger partial charge < -0.3 is 14.9 Å². The molecule has 0 aromatic carbocycles. The standard InChI is InChI=1S/C15H17N3O4/c1-15(2,3)22-14(19)12-8-10(6-7-16-12)11-4-5-13(17-9-11)18(20)21/h4-5,8-9H,6-7H2,1-3H3. The SMILES string of the molecule is CC(C)(C)OC(=O)C1=NCCC(c2ccc([N+](=O)[O-])nc2)=C1. The molecule has 0 saturated heterocycles. The van der Waals surface area contributed by atoms with Crippen LogP contribution in [-0.2, 0) is 9.53 Å². The number of carbonyl (C=O) groups excluding carboxylic acids is 1. The number of hydrogen-bond donors (Lipinski definition) is 0. The summed E-state index contributed by atoms with van der Waals surface area (Å²) >= 11 is 0. The third kappa shape index (κ3) is 3.97. The number of aromatic nitrogens is 1. The number of pyridine rings is 1. The van der Waals surface area contributed by atoms with Crippen molar-refractivity contribution in [3.63, 3.8) is 0 Å². The van der Waals surface area contributed by atoms with Crippen LogP contribution in [0.3, 0.4) is 0 Å². The summed E-state index contributed by atoms with van der Waals surface area (Å²) in [6.45, 7) is 5.84. The molecule has 0 N–H and O–H groups in total. The van der Waals surface area contributed by atoms with E-state index in [-0.39, 0.29) is 11.5 Å². The Bertz CT molecular complexity index is 654. The number of carbonyl (C=O) groups is 1. The van der Waals surface area contributed by atoms with Gasteiger partial charge in [-0.3, -0.25) is 4.99 Å². The van der Waals surface area contributed by atoms with E-state index in [9.17, 15) is 14.9 Å². The number of dihydropyridines is 1. The van der Waals surface area contributed by atoms with Crippen LogP contribution in [0.5, 0.6) is 0 Å². The fourth-order valence-corrected chi connectivity index (χ4v) is 1.95. The Balaban J connectivity index is 2.20. The topological polar surface area (TPSA) is 94.7 Å². The van der Waals surface area contributed by atoms with Crippen LogP contribution in [0.4, 0.5) is 5.82 Å². The van der Waals surface area contributed by atoms with Gasteiger partial charge in [-0.05, 0) is 54.8 Å². The van der Waals surface area contributed by atoms with Gasteiger partial charge in [-0.25, -0.2) is 4.79 Å². The number of hydrogen-bond acceptors (Lipinski definition) is 6. The van der Waals surface area contributed by atoms with E-state index in [0.29, 0.717) is 13.0 Å². The van der Waals surface area contributed by atoms with E-state index in [1.54, 1.807) is 32.9 Å². The molecule has 1 aromatic rings. The molecular weight excluding hydrogens is 286 g/mol. The number of nitro groups is 1. The first kappa shape index (κ1) is 15.8. The zero-order valence-electron chi connectivity index (χ0n) is 12.7. The second kappa shape index (κ2) is 6.05. The van der Waals surface area contributed by atoms with Gasteiger partial charge in [0.05, 0.1) is 0 Å². The summed E-state index contributed by atoms with van der Waals surface area (Å²) in [6.07, 6.45) is 3.73. The highest BCUT2D eigenvalue weighted by Crippen LogP contribution is 2.23. The van der Waals surface area contributed by atoms with E-state index in [0.717, 1.165) is 11.1 Å². The number of nitrogens with zero attached hydrogens (tertiary/aromatic N) is 3. The molecule has 1 aromatic heterocycles. The van der Waals surface area contributed by atoms with Gasteiger partial charge in [0.2, 0.25) is 0 Å². The minimum absolute atomic E-state index is 0.207. The van der Waals surface area contributed by atoms with Crippen molar-refractivity contribution in [2.75, 3.05) is 6.54 Å². The van der Waals surface area contributed by atoms with E-state index in [4.69, 9.17) is 4.74 Å². The molecule has 116 valence electrons. The summed E-state index contributed by atoms with van der Waals surface area (Å²) in [5.41, 5.74) is 1.27. The van der Waals surface area contributed by atoms with Crippen molar-refractivity contribution in [3.05, 3.63) is 40.1 Å².